The summed E-state index contributed by atoms with van der Waals surface area (Å²) in [5, 5.41) is 0. The smallest absolute Gasteiger partial charge is 0.261 e. The van der Waals surface area contributed by atoms with Crippen LogP contribution in [0.4, 0.5) is 0 Å². The largest absolute Gasteiger partial charge is 0.286 e. The summed E-state index contributed by atoms with van der Waals surface area (Å²) in [6, 6.07) is 0. The number of rotatable bonds is 0. The van der Waals surface area contributed by atoms with Crippen molar-refractivity contribution < 1.29 is 13.0 Å². The maximum atomic E-state index is 9.19. The Morgan fingerprint density at radius 2 is 1.50 bits per heavy atom. The third kappa shape index (κ3) is 8.94. The summed E-state index contributed by atoms with van der Waals surface area (Å²) < 4.78 is 25.9. The zero-order valence-corrected chi connectivity index (χ0v) is 10.8. The zero-order chi connectivity index (χ0) is 4.50. The average molecular weight is 374 g/mol. The van der Waals surface area contributed by atoms with Crippen molar-refractivity contribution in [1.82, 2.24) is 0 Å². The molecule has 0 atom stereocenters. The normalized spacial score (nSPS) is 9.67. The van der Waals surface area contributed by atoms with E-state index in [1.807, 2.05) is 0 Å². The van der Waals surface area contributed by atoms with Gasteiger partial charge in [0.05, 0.1) is 6.26 Å². The van der Waals surface area contributed by atoms with Crippen LogP contribution in [0.25, 0.3) is 0 Å². The fourth-order valence-corrected chi connectivity index (χ4v) is 0. The molecule has 0 heterocycles. The second kappa shape index (κ2) is 1.37. The molecule has 1 N–H and O–H groups in total. The van der Waals surface area contributed by atoms with E-state index in [1.165, 1.54) is 0 Å². The summed E-state index contributed by atoms with van der Waals surface area (Å²) in [7, 11) is -3.67. The van der Waals surface area contributed by atoms with E-state index in [2.05, 4.69) is 0 Å². The Kier molecular flexibility index (Phi) is 2.03. The molecule has 0 aliphatic rings. The maximum absolute atomic E-state index is 9.19. The predicted molar refractivity (Wildman–Crippen MR) is 17.5 cm³/mol. The molecule has 6 heavy (non-hydrogen) atoms. The molecular formula is CH4MtO3S. The van der Waals surface area contributed by atoms with Gasteiger partial charge < -0.3 is 0 Å². The van der Waals surface area contributed by atoms with Crippen molar-refractivity contribution in [3.05, 3.63) is 0 Å². The third-order valence-electron chi connectivity index (χ3n) is 0. The Hall–Kier alpha value is -1.09. The Bertz CT molecular complexity index is 94.0. The van der Waals surface area contributed by atoms with Crippen LogP contribution in [0.15, 0.2) is 0 Å². The van der Waals surface area contributed by atoms with E-state index in [1.54, 1.807) is 0 Å². The molecule has 0 saturated heterocycles. The number of hydrogen-bond acceptors (Lipinski definition) is 2. The predicted octanol–water partition coefficient (Wildman–Crippen LogP) is -0.496. The van der Waals surface area contributed by atoms with Gasteiger partial charge in [-0.1, -0.05) is 0 Å². The van der Waals surface area contributed by atoms with E-state index in [9.17, 15) is 8.42 Å². The topological polar surface area (TPSA) is 54.4 Å². The van der Waals surface area contributed by atoms with Gasteiger partial charge in [0.25, 0.3) is 10.1 Å². The van der Waals surface area contributed by atoms with E-state index in [0.29, 0.717) is 6.26 Å². The SMILES string of the molecule is CS(=O)(=O)O.[Mt]. The summed E-state index contributed by atoms with van der Waals surface area (Å²) in [4.78, 5) is 0. The van der Waals surface area contributed by atoms with Crippen LogP contribution >= 0.6 is 0 Å². The molecule has 0 spiro atoms. The fraction of sp³-hybridized carbons (Fsp3) is 1.00. The maximum Gasteiger partial charge on any atom is 0.261 e. The molecule has 0 amide bonds. The van der Waals surface area contributed by atoms with Crippen LogP contribution in [0.1, 0.15) is 0 Å². The fourth-order valence-electron chi connectivity index (χ4n) is 0. The molecule has 0 radical (unpaired) electrons. The monoisotopic (exact) mass is 374 g/mol. The quantitative estimate of drug-likeness (QED) is 0.582. The minimum absolute atomic E-state index is 0. The van der Waals surface area contributed by atoms with Crippen LogP contribution in [0, 0.1) is 0 Å². The van der Waals surface area contributed by atoms with Crippen molar-refractivity contribution >= 4 is 10.1 Å². The van der Waals surface area contributed by atoms with Gasteiger partial charge in [0.1, 0.15) is 0 Å². The van der Waals surface area contributed by atoms with Crippen LogP contribution < -0.4 is 0 Å². The van der Waals surface area contributed by atoms with Crippen molar-refractivity contribution in [2.45, 2.75) is 0 Å². The molecule has 0 aromatic heterocycles. The second-order valence-corrected chi connectivity index (χ2v) is 2.20. The Labute approximate surface area is 30.4 Å². The van der Waals surface area contributed by atoms with Gasteiger partial charge in [-0.3, -0.25) is 4.55 Å². The molecule has 0 aliphatic carbocycles. The Morgan fingerprint density at radius 3 is 1.50 bits per heavy atom. The second-order valence-electron chi connectivity index (χ2n) is 0.733. The van der Waals surface area contributed by atoms with Gasteiger partial charge in [0.15, 0.2) is 0 Å². The average Bonchev–Trinajstić information content (AvgIpc) is 0.722. The van der Waals surface area contributed by atoms with E-state index in [-0.39, 0.29) is 0 Å². The Balaban J connectivity index is 0. The van der Waals surface area contributed by atoms with E-state index >= 15 is 0 Å². The van der Waals surface area contributed by atoms with Crippen molar-refractivity contribution in [2.24, 2.45) is 0 Å². The van der Waals surface area contributed by atoms with E-state index in [4.69, 9.17) is 4.55 Å². The molecule has 34 valence electrons. The van der Waals surface area contributed by atoms with Gasteiger partial charge in [-0.2, -0.15) is 8.42 Å². The van der Waals surface area contributed by atoms with Crippen LogP contribution in [-0.2, 0) is 10.1 Å². The summed E-state index contributed by atoms with van der Waals surface area (Å²) in [6.45, 7) is 0. The molecule has 0 rings (SSSR count). The Morgan fingerprint density at radius 1 is 1.50 bits per heavy atom. The van der Waals surface area contributed by atoms with Crippen molar-refractivity contribution in [3.63, 3.8) is 0 Å². The molecule has 0 saturated carbocycles. The van der Waals surface area contributed by atoms with Crippen molar-refractivity contribution in [1.29, 1.82) is 0 Å². The van der Waals surface area contributed by atoms with Gasteiger partial charge in [0, 0.05) is 0 Å². The van der Waals surface area contributed by atoms with Crippen LogP contribution in [0.2, 0.25) is 0 Å². The first-order chi connectivity index (χ1) is 2.00. The molecule has 0 unspecified atom stereocenters. The van der Waals surface area contributed by atoms with E-state index < -0.39 is 10.1 Å². The first kappa shape index (κ1) is 8.86. The van der Waals surface area contributed by atoms with Crippen LogP contribution in [0.3, 0.4) is 0 Å². The first-order valence-electron chi connectivity index (χ1n) is 0.924. The number of hydrogen-bond donors (Lipinski definition) is 1. The van der Waals surface area contributed by atoms with Crippen LogP contribution in [0.5, 0.6) is 0 Å². The van der Waals surface area contributed by atoms with Gasteiger partial charge in [-0.25, -0.2) is 0 Å². The van der Waals surface area contributed by atoms with Gasteiger partial charge in [-0.05, 0) is 0 Å². The molecule has 0 bridgehead atoms. The first-order valence-corrected chi connectivity index (χ1v) is 2.77. The molecule has 0 aromatic rings. The minimum Gasteiger partial charge on any atom is -0.286 e. The van der Waals surface area contributed by atoms with Gasteiger partial charge in [0.2, 0.25) is 0 Å². The minimum atomic E-state index is -3.67. The third-order valence-corrected chi connectivity index (χ3v) is 0. The molecule has 0 aromatic carbocycles. The molecule has 5 heteroatoms. The zero-order valence-electron chi connectivity index (χ0n) is 3.38. The molecule has 0 fully saturated rings. The van der Waals surface area contributed by atoms with Crippen molar-refractivity contribution in [3.8, 4) is 0 Å². The van der Waals surface area contributed by atoms with Crippen molar-refractivity contribution in [2.75, 3.05) is 6.26 Å². The van der Waals surface area contributed by atoms with Gasteiger partial charge in [-0.15, -0.1) is 0 Å². The standard InChI is InChI=1S/CH4O3S.Mt/c1-5(2,3)4;/h1H3,(H,2,3,4);. The summed E-state index contributed by atoms with van der Waals surface area (Å²) in [5.74, 6) is 0. The summed E-state index contributed by atoms with van der Waals surface area (Å²) >= 11 is 0. The molecule has 3 nitrogen and oxygen atoms in total. The molecule has 0 aliphatic heterocycles. The van der Waals surface area contributed by atoms with Crippen LogP contribution in [-0.4, -0.2) is 19.2 Å². The molecular weight excluding hydrogens is 370 g/mol. The van der Waals surface area contributed by atoms with Gasteiger partial charge >= 0.3 is 0 Å². The van der Waals surface area contributed by atoms with E-state index in [0.717, 1.165) is 0 Å². The summed E-state index contributed by atoms with van der Waals surface area (Å²) in [5.41, 5.74) is 0. The summed E-state index contributed by atoms with van der Waals surface area (Å²) in [6.07, 6.45) is 0.715.